The van der Waals surface area contributed by atoms with E-state index >= 15 is 0 Å². The van der Waals surface area contributed by atoms with Gasteiger partial charge < -0.3 is 20.8 Å². The first-order valence-electron chi connectivity index (χ1n) is 8.96. The number of rotatable bonds is 2. The minimum absolute atomic E-state index is 0.174. The van der Waals surface area contributed by atoms with Gasteiger partial charge in [-0.2, -0.15) is 0 Å². The zero-order valence-corrected chi connectivity index (χ0v) is 14.2. The third kappa shape index (κ3) is 2.91. The molecule has 1 aromatic heterocycles. The van der Waals surface area contributed by atoms with E-state index in [0.717, 1.165) is 44.5 Å². The predicted octanol–water partition coefficient (Wildman–Crippen LogP) is 2.56. The van der Waals surface area contributed by atoms with E-state index in [1.165, 1.54) is 6.42 Å². The molecule has 25 heavy (non-hydrogen) atoms. The Morgan fingerprint density at radius 3 is 2.84 bits per heavy atom. The van der Waals surface area contributed by atoms with Gasteiger partial charge in [-0.1, -0.05) is 25.0 Å². The lowest BCUT2D eigenvalue weighted by molar-refractivity contribution is -0.0612. The minimum Gasteiger partial charge on any atom is -0.507 e. The molecule has 2 atom stereocenters. The summed E-state index contributed by atoms with van der Waals surface area (Å²) in [5, 5.41) is 29.2. The Balaban J connectivity index is 1.64. The first-order valence-corrected chi connectivity index (χ1v) is 8.96. The van der Waals surface area contributed by atoms with Crippen LogP contribution < -0.4 is 10.6 Å². The van der Waals surface area contributed by atoms with Crippen LogP contribution in [0.4, 0.5) is 11.5 Å². The van der Waals surface area contributed by atoms with Gasteiger partial charge >= 0.3 is 0 Å². The Morgan fingerprint density at radius 2 is 2.00 bits per heavy atom. The van der Waals surface area contributed by atoms with Crippen LogP contribution in [0.2, 0.25) is 0 Å². The summed E-state index contributed by atoms with van der Waals surface area (Å²) in [6.45, 7) is 1.54. The van der Waals surface area contributed by atoms with Gasteiger partial charge in [0, 0.05) is 24.6 Å². The number of aromatic hydroxyl groups is 1. The summed E-state index contributed by atoms with van der Waals surface area (Å²) in [5.74, 6) is 0.837. The monoisotopic (exact) mass is 340 g/mol. The Labute approximate surface area is 147 Å². The van der Waals surface area contributed by atoms with Gasteiger partial charge in [-0.05, 0) is 37.5 Å². The van der Waals surface area contributed by atoms with Crippen LogP contribution >= 0.6 is 0 Å². The predicted molar refractivity (Wildman–Crippen MR) is 97.3 cm³/mol. The maximum atomic E-state index is 10.9. The second-order valence-electron chi connectivity index (χ2n) is 7.26. The highest BCUT2D eigenvalue weighted by molar-refractivity contribution is 5.74. The van der Waals surface area contributed by atoms with E-state index < -0.39 is 5.60 Å². The second kappa shape index (κ2) is 6.19. The van der Waals surface area contributed by atoms with E-state index in [1.54, 1.807) is 12.1 Å². The third-order valence-corrected chi connectivity index (χ3v) is 5.75. The summed E-state index contributed by atoms with van der Waals surface area (Å²) in [5.41, 5.74) is 7.65. The van der Waals surface area contributed by atoms with E-state index in [2.05, 4.69) is 15.1 Å². The van der Waals surface area contributed by atoms with Gasteiger partial charge in [0.05, 0.1) is 17.0 Å². The maximum absolute atomic E-state index is 10.9. The van der Waals surface area contributed by atoms with Crippen LogP contribution in [0.5, 0.6) is 5.75 Å². The number of aromatic nitrogens is 2. The number of nitrogen functional groups attached to an aromatic ring is 1. The number of phenolic OH excluding ortho intramolecular Hbond substituents is 1. The third-order valence-electron chi connectivity index (χ3n) is 5.75. The summed E-state index contributed by atoms with van der Waals surface area (Å²) in [4.78, 5) is 2.21. The van der Waals surface area contributed by atoms with Gasteiger partial charge in [0.1, 0.15) is 5.75 Å². The lowest BCUT2D eigenvalue weighted by Gasteiger charge is -2.48. The van der Waals surface area contributed by atoms with Crippen LogP contribution in [0.15, 0.2) is 30.3 Å². The average Bonchev–Trinajstić information content (AvgIpc) is 2.62. The van der Waals surface area contributed by atoms with Crippen LogP contribution in [-0.4, -0.2) is 39.1 Å². The number of nitrogens with two attached hydrogens (primary N) is 1. The first kappa shape index (κ1) is 16.1. The van der Waals surface area contributed by atoms with Crippen molar-refractivity contribution in [3.8, 4) is 17.0 Å². The molecule has 1 aromatic carbocycles. The summed E-state index contributed by atoms with van der Waals surface area (Å²) in [6, 6.07) is 8.98. The average molecular weight is 340 g/mol. The Bertz CT molecular complexity index is 782. The zero-order valence-electron chi connectivity index (χ0n) is 14.2. The molecular formula is C19H24N4O2. The molecule has 0 unspecified atom stereocenters. The number of piperidine rings is 1. The maximum Gasteiger partial charge on any atom is 0.169 e. The molecule has 2 fully saturated rings. The molecule has 1 saturated heterocycles. The van der Waals surface area contributed by atoms with Crippen LogP contribution in [-0.2, 0) is 0 Å². The number of nitrogens with zero attached hydrogens (tertiary/aromatic N) is 3. The van der Waals surface area contributed by atoms with E-state index in [1.807, 2.05) is 18.2 Å². The van der Waals surface area contributed by atoms with Gasteiger partial charge in [-0.25, -0.2) is 0 Å². The quantitative estimate of drug-likeness (QED) is 0.778. The molecule has 6 nitrogen and oxygen atoms in total. The van der Waals surface area contributed by atoms with Gasteiger partial charge in [0.15, 0.2) is 5.82 Å². The molecule has 0 spiro atoms. The first-order chi connectivity index (χ1) is 12.1. The number of phenols is 1. The number of hydrogen-bond donors (Lipinski definition) is 3. The number of anilines is 2. The lowest BCUT2D eigenvalue weighted by atomic mass is 9.71. The molecule has 4 rings (SSSR count). The van der Waals surface area contributed by atoms with Crippen LogP contribution in [0, 0.1) is 5.92 Å². The van der Waals surface area contributed by atoms with Gasteiger partial charge in [-0.3, -0.25) is 0 Å². The van der Waals surface area contributed by atoms with Crippen molar-refractivity contribution in [2.75, 3.05) is 23.7 Å². The minimum atomic E-state index is -0.523. The molecular weight excluding hydrogens is 316 g/mol. The molecule has 1 aliphatic heterocycles. The number of aliphatic hydroxyl groups is 1. The Morgan fingerprint density at radius 1 is 1.16 bits per heavy atom. The molecule has 0 amide bonds. The van der Waals surface area contributed by atoms with Gasteiger partial charge in [0.2, 0.25) is 0 Å². The van der Waals surface area contributed by atoms with Crippen LogP contribution in [0.1, 0.15) is 32.1 Å². The molecule has 2 heterocycles. The highest BCUT2D eigenvalue weighted by Crippen LogP contribution is 2.42. The van der Waals surface area contributed by atoms with Crippen LogP contribution in [0.3, 0.4) is 0 Å². The number of hydrogen-bond acceptors (Lipinski definition) is 6. The van der Waals surface area contributed by atoms with Crippen molar-refractivity contribution in [2.24, 2.45) is 5.92 Å². The van der Waals surface area contributed by atoms with E-state index in [-0.39, 0.29) is 11.7 Å². The molecule has 2 aliphatic rings. The molecule has 132 valence electrons. The summed E-state index contributed by atoms with van der Waals surface area (Å²) in [7, 11) is 0. The fourth-order valence-electron chi connectivity index (χ4n) is 4.26. The summed E-state index contributed by atoms with van der Waals surface area (Å²) >= 11 is 0. The molecule has 6 heteroatoms. The normalized spacial score (nSPS) is 26.3. The van der Waals surface area contributed by atoms with E-state index in [0.29, 0.717) is 17.1 Å². The lowest BCUT2D eigenvalue weighted by Crippen LogP contribution is -2.53. The molecule has 0 radical (unpaired) electrons. The highest BCUT2D eigenvalue weighted by Gasteiger charge is 2.43. The smallest absolute Gasteiger partial charge is 0.169 e. The van der Waals surface area contributed by atoms with Crippen molar-refractivity contribution in [1.29, 1.82) is 0 Å². The molecule has 1 aliphatic carbocycles. The van der Waals surface area contributed by atoms with Crippen molar-refractivity contribution in [3.05, 3.63) is 30.3 Å². The zero-order chi connectivity index (χ0) is 17.4. The molecule has 2 aromatic rings. The van der Waals surface area contributed by atoms with Crippen molar-refractivity contribution in [3.63, 3.8) is 0 Å². The highest BCUT2D eigenvalue weighted by atomic mass is 16.3. The van der Waals surface area contributed by atoms with Crippen molar-refractivity contribution in [1.82, 2.24) is 10.2 Å². The Kier molecular flexibility index (Phi) is 4.00. The van der Waals surface area contributed by atoms with Crippen molar-refractivity contribution >= 4 is 11.5 Å². The number of fused-ring (bicyclic) bond motifs is 1. The van der Waals surface area contributed by atoms with Crippen LogP contribution in [0.25, 0.3) is 11.3 Å². The number of benzene rings is 1. The molecule has 0 bridgehead atoms. The van der Waals surface area contributed by atoms with Crippen molar-refractivity contribution in [2.45, 2.75) is 37.7 Å². The molecule has 1 saturated carbocycles. The topological polar surface area (TPSA) is 95.5 Å². The second-order valence-corrected chi connectivity index (χ2v) is 7.26. The SMILES string of the molecule is Nc1nnc(-c2ccccc2O)cc1N1CC[C@]2(O)CCCC[C@@H]2C1. The standard InChI is InChI=1S/C19H24N4O2/c20-18-16(11-15(21-22-18)14-6-1-2-7-17(14)24)23-10-9-19(25)8-4-3-5-13(19)12-23/h1-2,6-7,11,13,24-25H,3-5,8-10,12H2,(H2,20,22)/t13-,19-/m1/s1. The molecule has 4 N–H and O–H groups in total. The summed E-state index contributed by atoms with van der Waals surface area (Å²) in [6.07, 6.45) is 5.00. The summed E-state index contributed by atoms with van der Waals surface area (Å²) < 4.78 is 0. The van der Waals surface area contributed by atoms with Gasteiger partial charge in [0.25, 0.3) is 0 Å². The Hall–Kier alpha value is -2.34. The van der Waals surface area contributed by atoms with E-state index in [9.17, 15) is 10.2 Å². The largest absolute Gasteiger partial charge is 0.507 e. The fraction of sp³-hybridized carbons (Fsp3) is 0.474. The van der Waals surface area contributed by atoms with E-state index in [4.69, 9.17) is 5.73 Å². The van der Waals surface area contributed by atoms with Gasteiger partial charge in [-0.15, -0.1) is 10.2 Å². The fourth-order valence-corrected chi connectivity index (χ4v) is 4.26. The van der Waals surface area contributed by atoms with Crippen molar-refractivity contribution < 1.29 is 10.2 Å². The number of para-hydroxylation sites is 1.